The summed E-state index contributed by atoms with van der Waals surface area (Å²) in [5.41, 5.74) is 2.97. The van der Waals surface area contributed by atoms with Gasteiger partial charge in [0.2, 0.25) is 0 Å². The largest absolute Gasteiger partial charge is 0.348 e. The highest BCUT2D eigenvalue weighted by atomic mass is 16.1. The molecule has 102 valence electrons. The number of hydrazine groups is 1. The van der Waals surface area contributed by atoms with Gasteiger partial charge < -0.3 is 10.7 Å². The molecule has 2 aliphatic rings. The minimum Gasteiger partial charge on any atom is -0.348 e. The quantitative estimate of drug-likeness (QED) is 0.539. The van der Waals surface area contributed by atoms with E-state index < -0.39 is 0 Å². The Bertz CT molecular complexity index is 478. The lowest BCUT2D eigenvalue weighted by Gasteiger charge is -2.21. The lowest BCUT2D eigenvalue weighted by Crippen LogP contribution is -2.42. The molecule has 19 heavy (non-hydrogen) atoms. The van der Waals surface area contributed by atoms with Crippen LogP contribution in [0.3, 0.4) is 0 Å². The van der Waals surface area contributed by atoms with Gasteiger partial charge in [0, 0.05) is 24.8 Å². The summed E-state index contributed by atoms with van der Waals surface area (Å²) in [5, 5.41) is 3.13. The lowest BCUT2D eigenvalue weighted by molar-refractivity contribution is 0.0930. The Kier molecular flexibility index (Phi) is 3.35. The van der Waals surface area contributed by atoms with E-state index >= 15 is 0 Å². The standard InChI is InChI=1S/C13H19N5O/c14-17-12-9(3-1-6-15-12)13(19)16-10-5-8-18-7-2-4-11(10)18/h1,3,6,10-11H,2,4-5,7-8,14H2,(H,15,17)(H,16,19). The number of pyridine rings is 1. The highest BCUT2D eigenvalue weighted by Crippen LogP contribution is 2.28. The number of nitrogen functional groups attached to an aromatic ring is 1. The summed E-state index contributed by atoms with van der Waals surface area (Å²) in [4.78, 5) is 18.8. The maximum atomic E-state index is 12.3. The predicted molar refractivity (Wildman–Crippen MR) is 72.5 cm³/mol. The van der Waals surface area contributed by atoms with Crippen LogP contribution < -0.4 is 16.6 Å². The normalized spacial score (nSPS) is 26.2. The Morgan fingerprint density at radius 3 is 3.16 bits per heavy atom. The summed E-state index contributed by atoms with van der Waals surface area (Å²) in [6.07, 6.45) is 5.06. The van der Waals surface area contributed by atoms with E-state index in [-0.39, 0.29) is 11.9 Å². The number of fused-ring (bicyclic) bond motifs is 1. The Morgan fingerprint density at radius 2 is 2.32 bits per heavy atom. The number of amides is 1. The van der Waals surface area contributed by atoms with Gasteiger partial charge in [-0.1, -0.05) is 0 Å². The SMILES string of the molecule is NNc1ncccc1C(=O)NC1CCN2CCCC12. The second-order valence-electron chi connectivity index (χ2n) is 5.16. The highest BCUT2D eigenvalue weighted by Gasteiger charge is 2.38. The van der Waals surface area contributed by atoms with E-state index in [4.69, 9.17) is 5.84 Å². The van der Waals surface area contributed by atoms with Crippen LogP contribution in [0.5, 0.6) is 0 Å². The highest BCUT2D eigenvalue weighted by molar-refractivity contribution is 5.98. The first-order valence-corrected chi connectivity index (χ1v) is 6.76. The summed E-state index contributed by atoms with van der Waals surface area (Å²) < 4.78 is 0. The van der Waals surface area contributed by atoms with E-state index in [1.807, 2.05) is 0 Å². The topological polar surface area (TPSA) is 83.3 Å². The van der Waals surface area contributed by atoms with Crippen molar-refractivity contribution in [3.05, 3.63) is 23.9 Å². The zero-order chi connectivity index (χ0) is 13.2. The molecule has 0 bridgehead atoms. The number of carbonyl (C=O) groups is 1. The number of nitrogens with two attached hydrogens (primary N) is 1. The van der Waals surface area contributed by atoms with Crippen LogP contribution in [-0.4, -0.2) is 41.0 Å². The fraction of sp³-hybridized carbons (Fsp3) is 0.538. The zero-order valence-corrected chi connectivity index (χ0v) is 10.8. The molecule has 0 aliphatic carbocycles. The number of aromatic nitrogens is 1. The number of hydrogen-bond acceptors (Lipinski definition) is 5. The monoisotopic (exact) mass is 261 g/mol. The third-order valence-corrected chi connectivity index (χ3v) is 4.11. The van der Waals surface area contributed by atoms with Crippen LogP contribution in [-0.2, 0) is 0 Å². The van der Waals surface area contributed by atoms with Crippen molar-refractivity contribution in [2.45, 2.75) is 31.3 Å². The molecule has 0 radical (unpaired) electrons. The third kappa shape index (κ3) is 2.29. The first-order chi connectivity index (χ1) is 9.29. The Hall–Kier alpha value is -1.66. The molecule has 2 atom stereocenters. The molecule has 0 spiro atoms. The molecule has 2 saturated heterocycles. The maximum absolute atomic E-state index is 12.3. The molecule has 2 unspecified atom stereocenters. The van der Waals surface area contributed by atoms with Crippen LogP contribution in [0.1, 0.15) is 29.6 Å². The van der Waals surface area contributed by atoms with Crippen LogP contribution in [0.2, 0.25) is 0 Å². The number of nitrogens with one attached hydrogen (secondary N) is 2. The molecule has 1 amide bonds. The minimum atomic E-state index is -0.0974. The van der Waals surface area contributed by atoms with Crippen molar-refractivity contribution in [3.8, 4) is 0 Å². The van der Waals surface area contributed by atoms with E-state index in [0.717, 1.165) is 13.0 Å². The lowest BCUT2D eigenvalue weighted by atomic mass is 10.1. The van der Waals surface area contributed by atoms with Crippen LogP contribution in [0.25, 0.3) is 0 Å². The van der Waals surface area contributed by atoms with Crippen LogP contribution in [0.15, 0.2) is 18.3 Å². The van der Waals surface area contributed by atoms with Crippen LogP contribution in [0.4, 0.5) is 5.82 Å². The van der Waals surface area contributed by atoms with E-state index in [1.165, 1.54) is 19.4 Å². The smallest absolute Gasteiger partial charge is 0.255 e. The summed E-state index contributed by atoms with van der Waals surface area (Å²) in [5.74, 6) is 5.70. The van der Waals surface area contributed by atoms with Gasteiger partial charge in [0.25, 0.3) is 5.91 Å². The molecule has 6 nitrogen and oxygen atoms in total. The van der Waals surface area contributed by atoms with E-state index in [2.05, 4.69) is 20.6 Å². The van der Waals surface area contributed by atoms with E-state index in [1.54, 1.807) is 18.3 Å². The Balaban J connectivity index is 1.71. The van der Waals surface area contributed by atoms with Crippen molar-refractivity contribution in [1.29, 1.82) is 0 Å². The zero-order valence-electron chi connectivity index (χ0n) is 10.8. The van der Waals surface area contributed by atoms with Gasteiger partial charge in [-0.25, -0.2) is 10.8 Å². The van der Waals surface area contributed by atoms with E-state index in [0.29, 0.717) is 17.4 Å². The van der Waals surface area contributed by atoms with Gasteiger partial charge in [-0.2, -0.15) is 0 Å². The molecule has 4 N–H and O–H groups in total. The second kappa shape index (κ2) is 5.14. The average Bonchev–Trinajstić information content (AvgIpc) is 3.03. The Labute approximate surface area is 112 Å². The summed E-state index contributed by atoms with van der Waals surface area (Å²) in [6.45, 7) is 2.25. The molecular weight excluding hydrogens is 242 g/mol. The van der Waals surface area contributed by atoms with Gasteiger partial charge in [-0.15, -0.1) is 0 Å². The van der Waals surface area contributed by atoms with Gasteiger partial charge >= 0.3 is 0 Å². The van der Waals surface area contributed by atoms with Gasteiger partial charge in [-0.3, -0.25) is 9.69 Å². The third-order valence-electron chi connectivity index (χ3n) is 4.11. The number of hydrogen-bond donors (Lipinski definition) is 3. The molecule has 1 aromatic heterocycles. The number of anilines is 1. The number of carbonyl (C=O) groups excluding carboxylic acids is 1. The molecule has 0 aromatic carbocycles. The molecule has 0 saturated carbocycles. The maximum Gasteiger partial charge on any atom is 0.255 e. The van der Waals surface area contributed by atoms with Crippen molar-refractivity contribution >= 4 is 11.7 Å². The molecule has 3 rings (SSSR count). The number of nitrogens with zero attached hydrogens (tertiary/aromatic N) is 2. The molecule has 2 fully saturated rings. The molecule has 1 aromatic rings. The van der Waals surface area contributed by atoms with Gasteiger partial charge in [-0.05, 0) is 37.9 Å². The first kappa shape index (κ1) is 12.4. The van der Waals surface area contributed by atoms with Crippen molar-refractivity contribution in [2.75, 3.05) is 18.5 Å². The summed E-state index contributed by atoms with van der Waals surface area (Å²) in [7, 11) is 0. The van der Waals surface area contributed by atoms with Crippen molar-refractivity contribution in [3.63, 3.8) is 0 Å². The first-order valence-electron chi connectivity index (χ1n) is 6.76. The van der Waals surface area contributed by atoms with Crippen molar-refractivity contribution in [1.82, 2.24) is 15.2 Å². The molecule has 3 heterocycles. The molecule has 2 aliphatic heterocycles. The van der Waals surface area contributed by atoms with E-state index in [9.17, 15) is 4.79 Å². The van der Waals surface area contributed by atoms with Gasteiger partial charge in [0.05, 0.1) is 5.56 Å². The van der Waals surface area contributed by atoms with Crippen LogP contribution in [0, 0.1) is 0 Å². The summed E-state index contributed by atoms with van der Waals surface area (Å²) >= 11 is 0. The van der Waals surface area contributed by atoms with Crippen molar-refractivity contribution in [2.24, 2.45) is 5.84 Å². The van der Waals surface area contributed by atoms with Crippen LogP contribution >= 0.6 is 0 Å². The fourth-order valence-electron chi connectivity index (χ4n) is 3.20. The molecular formula is C13H19N5O. The number of rotatable bonds is 3. The van der Waals surface area contributed by atoms with Crippen molar-refractivity contribution < 1.29 is 4.79 Å². The average molecular weight is 261 g/mol. The predicted octanol–water partition coefficient (Wildman–Crippen LogP) is 0.334. The molecule has 6 heteroatoms. The summed E-state index contributed by atoms with van der Waals surface area (Å²) in [6, 6.07) is 4.24. The van der Waals surface area contributed by atoms with Gasteiger partial charge in [0.1, 0.15) is 0 Å². The second-order valence-corrected chi connectivity index (χ2v) is 5.16. The van der Waals surface area contributed by atoms with Gasteiger partial charge in [0.15, 0.2) is 5.82 Å². The minimum absolute atomic E-state index is 0.0974. The fourth-order valence-corrected chi connectivity index (χ4v) is 3.20. The Morgan fingerprint density at radius 1 is 1.42 bits per heavy atom.